The Morgan fingerprint density at radius 3 is 2.24 bits per heavy atom. The number of amides is 2. The van der Waals surface area contributed by atoms with Crippen LogP contribution in [-0.4, -0.2) is 32.2 Å². The topological polar surface area (TPSA) is 85.5 Å². The second kappa shape index (κ2) is 5.44. The molecule has 1 saturated heterocycles. The standard InChI is InChI=1S/C26H19N3O4/c1-26-16(30)10-11-17(33-26)28-14-8-4-2-6-12(14)18-20-21(25(32)27-24(20)31)19-13-7-3-5-9-15(13)29(26)23(19)22(18)28/h2-9,16-17,30H,10-11H2,1H3,(H,27,31,32). The van der Waals surface area contributed by atoms with E-state index in [9.17, 15) is 14.7 Å². The van der Waals surface area contributed by atoms with Crippen molar-refractivity contribution < 1.29 is 19.4 Å². The molecule has 3 aliphatic heterocycles. The second-order valence-electron chi connectivity index (χ2n) is 9.44. The Balaban J connectivity index is 1.80. The number of para-hydroxylation sites is 2. The van der Waals surface area contributed by atoms with Crippen molar-refractivity contribution in [3.63, 3.8) is 0 Å². The largest absolute Gasteiger partial charge is 0.388 e. The van der Waals surface area contributed by atoms with Crippen LogP contribution in [0.4, 0.5) is 0 Å². The molecule has 8 rings (SSSR count). The van der Waals surface area contributed by atoms with Crippen LogP contribution >= 0.6 is 0 Å². The van der Waals surface area contributed by atoms with Gasteiger partial charge >= 0.3 is 0 Å². The van der Waals surface area contributed by atoms with Gasteiger partial charge in [0.15, 0.2) is 5.72 Å². The first-order chi connectivity index (χ1) is 16.0. The van der Waals surface area contributed by atoms with Crippen molar-refractivity contribution in [2.45, 2.75) is 37.8 Å². The van der Waals surface area contributed by atoms with Crippen molar-refractivity contribution in [1.29, 1.82) is 0 Å². The molecule has 2 aromatic heterocycles. The molecule has 3 aliphatic rings. The minimum atomic E-state index is -1.02. The van der Waals surface area contributed by atoms with Crippen LogP contribution in [-0.2, 0) is 10.5 Å². The summed E-state index contributed by atoms with van der Waals surface area (Å²) in [5, 5.41) is 17.1. The Labute approximate surface area is 187 Å². The molecule has 3 aromatic carbocycles. The molecule has 1 fully saturated rings. The van der Waals surface area contributed by atoms with Crippen molar-refractivity contribution in [2.75, 3.05) is 0 Å². The van der Waals surface area contributed by atoms with E-state index < -0.39 is 11.8 Å². The van der Waals surface area contributed by atoms with Crippen LogP contribution in [0.1, 0.15) is 46.7 Å². The highest BCUT2D eigenvalue weighted by Gasteiger charge is 2.49. The van der Waals surface area contributed by atoms with Crippen molar-refractivity contribution >= 4 is 55.4 Å². The van der Waals surface area contributed by atoms with E-state index in [0.29, 0.717) is 24.0 Å². The molecule has 7 heteroatoms. The Hall–Kier alpha value is -3.68. The van der Waals surface area contributed by atoms with E-state index in [0.717, 1.165) is 43.6 Å². The molecule has 5 aromatic rings. The monoisotopic (exact) mass is 437 g/mol. The van der Waals surface area contributed by atoms with Gasteiger partial charge in [0.1, 0.15) is 12.3 Å². The van der Waals surface area contributed by atoms with Crippen molar-refractivity contribution in [3.8, 4) is 0 Å². The number of fused-ring (bicyclic) bond motifs is 13. The zero-order chi connectivity index (χ0) is 22.2. The number of aliphatic hydroxyl groups is 1. The molecule has 0 saturated carbocycles. The highest BCUT2D eigenvalue weighted by atomic mass is 16.6. The lowest BCUT2D eigenvalue weighted by molar-refractivity contribution is -0.240. The Morgan fingerprint density at radius 2 is 1.52 bits per heavy atom. The lowest BCUT2D eigenvalue weighted by Gasteiger charge is -2.43. The van der Waals surface area contributed by atoms with Gasteiger partial charge in [-0.25, -0.2) is 0 Å². The third-order valence-electron chi connectivity index (χ3n) is 7.85. The van der Waals surface area contributed by atoms with Crippen LogP contribution in [0.25, 0.3) is 43.6 Å². The molecule has 162 valence electrons. The number of carbonyl (C=O) groups is 2. The summed E-state index contributed by atoms with van der Waals surface area (Å²) < 4.78 is 11.0. The van der Waals surface area contributed by atoms with Crippen LogP contribution in [0, 0.1) is 0 Å². The summed E-state index contributed by atoms with van der Waals surface area (Å²) in [6.07, 6.45) is 0.205. The van der Waals surface area contributed by atoms with Gasteiger partial charge in [0.05, 0.1) is 33.2 Å². The fraction of sp³-hybridized carbons (Fsp3) is 0.231. The quantitative estimate of drug-likeness (QED) is 0.357. The smallest absolute Gasteiger partial charge is 0.259 e. The van der Waals surface area contributed by atoms with Crippen molar-refractivity contribution in [2.24, 2.45) is 0 Å². The maximum atomic E-state index is 13.2. The highest BCUT2D eigenvalue weighted by Crippen LogP contribution is 2.53. The van der Waals surface area contributed by atoms with Crippen LogP contribution in [0.3, 0.4) is 0 Å². The second-order valence-corrected chi connectivity index (χ2v) is 9.44. The lowest BCUT2D eigenvalue weighted by atomic mass is 9.96. The van der Waals surface area contributed by atoms with E-state index in [1.165, 1.54) is 0 Å². The number of ether oxygens (including phenoxy) is 1. The van der Waals surface area contributed by atoms with E-state index >= 15 is 0 Å². The van der Waals surface area contributed by atoms with Crippen molar-refractivity contribution in [3.05, 3.63) is 59.7 Å². The molecule has 0 aliphatic carbocycles. The average molecular weight is 437 g/mol. The Morgan fingerprint density at radius 1 is 0.909 bits per heavy atom. The molecular formula is C26H19N3O4. The van der Waals surface area contributed by atoms with Gasteiger partial charge in [0, 0.05) is 21.5 Å². The molecule has 3 unspecified atom stereocenters. The summed E-state index contributed by atoms with van der Waals surface area (Å²) in [7, 11) is 0. The van der Waals surface area contributed by atoms with Gasteiger partial charge in [0.25, 0.3) is 11.8 Å². The first kappa shape index (κ1) is 17.8. The summed E-state index contributed by atoms with van der Waals surface area (Å²) in [6, 6.07) is 15.8. The van der Waals surface area contributed by atoms with Crippen LogP contribution in [0.2, 0.25) is 0 Å². The maximum absolute atomic E-state index is 13.2. The van der Waals surface area contributed by atoms with Gasteiger partial charge in [0.2, 0.25) is 0 Å². The van der Waals surface area contributed by atoms with Gasteiger partial charge in [-0.3, -0.25) is 14.9 Å². The number of imide groups is 1. The number of hydrogen-bond acceptors (Lipinski definition) is 4. The van der Waals surface area contributed by atoms with Gasteiger partial charge in [-0.1, -0.05) is 36.4 Å². The first-order valence-corrected chi connectivity index (χ1v) is 11.2. The van der Waals surface area contributed by atoms with Gasteiger partial charge in [-0.15, -0.1) is 0 Å². The number of nitrogens with zero attached hydrogens (tertiary/aromatic N) is 2. The molecule has 3 atom stereocenters. The Bertz CT molecular complexity index is 1760. The number of carbonyl (C=O) groups excluding carboxylic acids is 2. The molecule has 0 spiro atoms. The molecule has 0 radical (unpaired) electrons. The van der Waals surface area contributed by atoms with Gasteiger partial charge in [-0.2, -0.15) is 0 Å². The third kappa shape index (κ3) is 1.80. The van der Waals surface area contributed by atoms with E-state index in [1.54, 1.807) is 0 Å². The molecule has 7 nitrogen and oxygen atoms in total. The highest BCUT2D eigenvalue weighted by molar-refractivity contribution is 6.39. The van der Waals surface area contributed by atoms with Crippen LogP contribution in [0.15, 0.2) is 48.5 Å². The number of benzene rings is 3. The van der Waals surface area contributed by atoms with E-state index in [-0.39, 0.29) is 18.0 Å². The van der Waals surface area contributed by atoms with E-state index in [4.69, 9.17) is 4.74 Å². The number of aliphatic hydroxyl groups excluding tert-OH is 1. The fourth-order valence-corrected chi connectivity index (χ4v) is 6.52. The minimum Gasteiger partial charge on any atom is -0.388 e. The molecule has 2 N–H and O–H groups in total. The zero-order valence-corrected chi connectivity index (χ0v) is 17.8. The van der Waals surface area contributed by atoms with Gasteiger partial charge in [-0.05, 0) is 31.9 Å². The third-order valence-corrected chi connectivity index (χ3v) is 7.85. The zero-order valence-electron chi connectivity index (χ0n) is 17.8. The minimum absolute atomic E-state index is 0.305. The number of rotatable bonds is 0. The summed E-state index contributed by atoms with van der Waals surface area (Å²) in [5.74, 6) is -0.744. The van der Waals surface area contributed by atoms with Gasteiger partial charge < -0.3 is 19.0 Å². The molecule has 2 bridgehead atoms. The summed E-state index contributed by atoms with van der Waals surface area (Å²) in [4.78, 5) is 26.3. The van der Waals surface area contributed by atoms with E-state index in [1.807, 2.05) is 55.5 Å². The summed E-state index contributed by atoms with van der Waals surface area (Å²) in [5.41, 5.74) is 3.36. The van der Waals surface area contributed by atoms with Crippen molar-refractivity contribution in [1.82, 2.24) is 14.5 Å². The lowest BCUT2D eigenvalue weighted by Crippen LogP contribution is -2.48. The molecule has 2 amide bonds. The van der Waals surface area contributed by atoms with E-state index in [2.05, 4.69) is 14.5 Å². The number of nitrogens with one attached hydrogen (secondary N) is 1. The predicted octanol–water partition coefficient (Wildman–Crippen LogP) is 4.14. The maximum Gasteiger partial charge on any atom is 0.259 e. The predicted molar refractivity (Wildman–Crippen MR) is 123 cm³/mol. The number of aromatic nitrogens is 2. The average Bonchev–Trinajstić information content (AvgIpc) is 3.41. The molecular weight excluding hydrogens is 418 g/mol. The SMILES string of the molecule is CC12OC(CCC1O)n1c3ccccc3c3c4c(c5c6ccccc6n2c5c31)C(=O)NC4=O. The molecule has 5 heterocycles. The normalized spacial score (nSPS) is 26.0. The Kier molecular flexibility index (Phi) is 2.94. The fourth-order valence-electron chi connectivity index (χ4n) is 6.52. The summed E-state index contributed by atoms with van der Waals surface area (Å²) in [6.45, 7) is 1.93. The van der Waals surface area contributed by atoms with Crippen LogP contribution in [0.5, 0.6) is 0 Å². The number of hydrogen-bond donors (Lipinski definition) is 2. The summed E-state index contributed by atoms with van der Waals surface area (Å²) >= 11 is 0. The first-order valence-electron chi connectivity index (χ1n) is 11.2. The molecule has 33 heavy (non-hydrogen) atoms. The van der Waals surface area contributed by atoms with Crippen LogP contribution < -0.4 is 5.32 Å².